The van der Waals surface area contributed by atoms with Crippen LogP contribution in [0.1, 0.15) is 29.3 Å². The van der Waals surface area contributed by atoms with Crippen molar-refractivity contribution in [1.29, 1.82) is 0 Å². The summed E-state index contributed by atoms with van der Waals surface area (Å²) in [6.07, 6.45) is -0.626. The maximum absolute atomic E-state index is 13.7. The molecule has 0 spiro atoms. The van der Waals surface area contributed by atoms with Gasteiger partial charge in [-0.05, 0) is 24.6 Å². The van der Waals surface area contributed by atoms with Crippen LogP contribution in [0.4, 0.5) is 4.39 Å². The van der Waals surface area contributed by atoms with Crippen LogP contribution in [0.3, 0.4) is 0 Å². The first-order valence-corrected chi connectivity index (χ1v) is 8.91. The lowest BCUT2D eigenvalue weighted by Gasteiger charge is -2.22. The number of hydrogen-bond donors (Lipinski definition) is 0. The Hall–Kier alpha value is -2.76. The third kappa shape index (κ3) is 4.15. The highest BCUT2D eigenvalue weighted by atomic mass is 19.1. The van der Waals surface area contributed by atoms with Crippen LogP contribution < -0.4 is 14.2 Å². The zero-order valence-electron chi connectivity index (χ0n) is 15.8. The van der Waals surface area contributed by atoms with E-state index in [-0.39, 0.29) is 18.5 Å². The Morgan fingerprint density at radius 2 is 1.78 bits per heavy atom. The maximum Gasteiger partial charge on any atom is 0.254 e. The molecule has 6 heteroatoms. The lowest BCUT2D eigenvalue weighted by Crippen LogP contribution is -2.34. The molecule has 0 bridgehead atoms. The van der Waals surface area contributed by atoms with Gasteiger partial charge in [0.25, 0.3) is 5.91 Å². The van der Waals surface area contributed by atoms with Crippen LogP contribution >= 0.6 is 0 Å². The Balaban J connectivity index is 1.86. The molecule has 1 aliphatic rings. The minimum Gasteiger partial charge on any atom is -0.493 e. The van der Waals surface area contributed by atoms with E-state index in [1.54, 1.807) is 17.0 Å². The van der Waals surface area contributed by atoms with E-state index in [1.807, 2.05) is 37.3 Å². The van der Waals surface area contributed by atoms with Crippen LogP contribution in [-0.4, -0.2) is 43.8 Å². The molecular formula is C21H24FNO4. The van der Waals surface area contributed by atoms with Gasteiger partial charge in [0.05, 0.1) is 20.8 Å². The normalized spacial score (nSPS) is 19.0. The summed E-state index contributed by atoms with van der Waals surface area (Å²) in [6.45, 7) is 2.30. The minimum absolute atomic E-state index is 0.108. The molecule has 0 aromatic heterocycles. The third-order valence-electron chi connectivity index (χ3n) is 4.72. The molecule has 2 atom stereocenters. The first-order valence-electron chi connectivity index (χ1n) is 8.91. The van der Waals surface area contributed by atoms with E-state index in [0.717, 1.165) is 5.56 Å². The SMILES string of the molecule is COc1cc(C(=O)N2C[C@H](F)C[C@H]2C)cc(OC)c1OCc1ccccc1. The number of methoxy groups -OCH3 is 2. The van der Waals surface area contributed by atoms with Crippen LogP contribution in [0.15, 0.2) is 42.5 Å². The fraction of sp³-hybridized carbons (Fsp3) is 0.381. The average molecular weight is 373 g/mol. The molecule has 0 saturated carbocycles. The molecule has 1 heterocycles. The van der Waals surface area contributed by atoms with Crippen LogP contribution in [0.2, 0.25) is 0 Å². The first-order chi connectivity index (χ1) is 13.0. The van der Waals surface area contributed by atoms with E-state index in [2.05, 4.69) is 0 Å². The average Bonchev–Trinajstić information content (AvgIpc) is 3.03. The second kappa shape index (κ2) is 8.29. The Morgan fingerprint density at radius 1 is 1.15 bits per heavy atom. The number of benzene rings is 2. The monoisotopic (exact) mass is 373 g/mol. The van der Waals surface area contributed by atoms with Crippen LogP contribution in [0, 0.1) is 0 Å². The second-order valence-electron chi connectivity index (χ2n) is 6.62. The summed E-state index contributed by atoms with van der Waals surface area (Å²) in [6, 6.07) is 12.8. The Labute approximate surface area is 158 Å². The Bertz CT molecular complexity index is 771. The quantitative estimate of drug-likeness (QED) is 0.772. The largest absolute Gasteiger partial charge is 0.493 e. The van der Waals surface area contributed by atoms with Crippen LogP contribution in [-0.2, 0) is 6.61 Å². The van der Waals surface area contributed by atoms with Gasteiger partial charge in [-0.2, -0.15) is 0 Å². The molecule has 1 fully saturated rings. The fourth-order valence-electron chi connectivity index (χ4n) is 3.29. The number of hydrogen-bond acceptors (Lipinski definition) is 4. The number of nitrogens with zero attached hydrogens (tertiary/aromatic N) is 1. The van der Waals surface area contributed by atoms with Gasteiger partial charge in [-0.1, -0.05) is 30.3 Å². The number of rotatable bonds is 6. The third-order valence-corrected chi connectivity index (χ3v) is 4.72. The molecule has 1 amide bonds. The number of carbonyl (C=O) groups excluding carboxylic acids is 1. The van der Waals surface area contributed by atoms with Crippen molar-refractivity contribution >= 4 is 5.91 Å². The van der Waals surface area contributed by atoms with Gasteiger partial charge < -0.3 is 19.1 Å². The number of carbonyl (C=O) groups is 1. The van der Waals surface area contributed by atoms with Crippen molar-refractivity contribution in [2.75, 3.05) is 20.8 Å². The summed E-state index contributed by atoms with van der Waals surface area (Å²) in [4.78, 5) is 14.4. The summed E-state index contributed by atoms with van der Waals surface area (Å²) in [7, 11) is 3.02. The molecule has 0 radical (unpaired) electrons. The maximum atomic E-state index is 13.7. The minimum atomic E-state index is -0.985. The Morgan fingerprint density at radius 3 is 2.30 bits per heavy atom. The van der Waals surface area contributed by atoms with Crippen molar-refractivity contribution in [2.45, 2.75) is 32.2 Å². The van der Waals surface area contributed by atoms with E-state index in [0.29, 0.717) is 35.8 Å². The van der Waals surface area contributed by atoms with E-state index >= 15 is 0 Å². The second-order valence-corrected chi connectivity index (χ2v) is 6.62. The lowest BCUT2D eigenvalue weighted by molar-refractivity contribution is 0.0738. The van der Waals surface area contributed by atoms with E-state index in [9.17, 15) is 9.18 Å². The molecule has 0 N–H and O–H groups in total. The van der Waals surface area contributed by atoms with Crippen molar-refractivity contribution in [3.63, 3.8) is 0 Å². The summed E-state index contributed by atoms with van der Waals surface area (Å²) < 4.78 is 30.4. The molecule has 0 unspecified atom stereocenters. The van der Waals surface area contributed by atoms with Gasteiger partial charge in [-0.25, -0.2) is 4.39 Å². The molecule has 2 aromatic rings. The fourth-order valence-corrected chi connectivity index (χ4v) is 3.29. The number of likely N-dealkylation sites (tertiary alicyclic amines) is 1. The summed E-state index contributed by atoms with van der Waals surface area (Å²) >= 11 is 0. The van der Waals surface area contributed by atoms with Gasteiger partial charge in [0.15, 0.2) is 11.5 Å². The number of ether oxygens (including phenoxy) is 3. The van der Waals surface area contributed by atoms with Crippen LogP contribution in [0.25, 0.3) is 0 Å². The van der Waals surface area contributed by atoms with Crippen molar-refractivity contribution in [2.24, 2.45) is 0 Å². The highest BCUT2D eigenvalue weighted by Gasteiger charge is 2.33. The van der Waals surface area contributed by atoms with Gasteiger partial charge in [-0.3, -0.25) is 4.79 Å². The molecule has 2 aromatic carbocycles. The highest BCUT2D eigenvalue weighted by Crippen LogP contribution is 2.39. The van der Waals surface area contributed by atoms with Crippen molar-refractivity contribution in [3.8, 4) is 17.2 Å². The molecule has 1 saturated heterocycles. The van der Waals surface area contributed by atoms with Crippen LogP contribution in [0.5, 0.6) is 17.2 Å². The zero-order valence-corrected chi connectivity index (χ0v) is 15.8. The first kappa shape index (κ1) is 19.0. The zero-order chi connectivity index (χ0) is 19.4. The van der Waals surface area contributed by atoms with Crippen molar-refractivity contribution < 1.29 is 23.4 Å². The van der Waals surface area contributed by atoms with E-state index in [1.165, 1.54) is 14.2 Å². The predicted molar refractivity (Wildman–Crippen MR) is 100 cm³/mol. The number of alkyl halides is 1. The standard InChI is InChI=1S/C21H24FNO4/c1-14-9-17(22)12-23(14)21(24)16-10-18(25-2)20(19(11-16)26-3)27-13-15-7-5-4-6-8-15/h4-8,10-11,14,17H,9,12-13H2,1-3H3/t14-,17-/m1/s1. The van der Waals surface area contributed by atoms with Crippen molar-refractivity contribution in [3.05, 3.63) is 53.6 Å². The molecule has 5 nitrogen and oxygen atoms in total. The smallest absolute Gasteiger partial charge is 0.254 e. The molecule has 0 aliphatic carbocycles. The predicted octanol–water partition coefficient (Wildman–Crippen LogP) is 3.86. The highest BCUT2D eigenvalue weighted by molar-refractivity contribution is 5.96. The molecule has 1 aliphatic heterocycles. The van der Waals surface area contributed by atoms with Gasteiger partial charge in [0.2, 0.25) is 5.75 Å². The van der Waals surface area contributed by atoms with Gasteiger partial charge in [-0.15, -0.1) is 0 Å². The Kier molecular flexibility index (Phi) is 5.84. The summed E-state index contributed by atoms with van der Waals surface area (Å²) in [5.74, 6) is 0.988. The topological polar surface area (TPSA) is 48.0 Å². The lowest BCUT2D eigenvalue weighted by atomic mass is 10.1. The summed E-state index contributed by atoms with van der Waals surface area (Å²) in [5.41, 5.74) is 1.39. The van der Waals surface area contributed by atoms with Gasteiger partial charge in [0, 0.05) is 18.0 Å². The van der Waals surface area contributed by atoms with E-state index in [4.69, 9.17) is 14.2 Å². The van der Waals surface area contributed by atoms with Gasteiger partial charge in [0.1, 0.15) is 12.8 Å². The van der Waals surface area contributed by atoms with Gasteiger partial charge >= 0.3 is 0 Å². The van der Waals surface area contributed by atoms with Crippen molar-refractivity contribution in [1.82, 2.24) is 4.90 Å². The molecular weight excluding hydrogens is 349 g/mol. The molecule has 144 valence electrons. The summed E-state index contributed by atoms with van der Waals surface area (Å²) in [5, 5.41) is 0. The molecule has 27 heavy (non-hydrogen) atoms. The number of amides is 1. The van der Waals surface area contributed by atoms with E-state index < -0.39 is 6.17 Å². The number of halogens is 1. The molecule has 3 rings (SSSR count).